The second-order valence-electron chi connectivity index (χ2n) is 5.78. The van der Waals surface area contributed by atoms with Gasteiger partial charge in [0.05, 0.1) is 6.54 Å². The molecule has 0 atom stereocenters. The summed E-state index contributed by atoms with van der Waals surface area (Å²) in [7, 11) is 1.50. The Morgan fingerprint density at radius 1 is 1.19 bits per heavy atom. The average molecular weight is 368 g/mol. The van der Waals surface area contributed by atoms with E-state index in [9.17, 15) is 22.8 Å². The molecule has 0 spiro atoms. The van der Waals surface area contributed by atoms with E-state index < -0.39 is 29.8 Å². The molecular formula is C18H19F3N2O3. The number of benzene rings is 1. The zero-order valence-electron chi connectivity index (χ0n) is 14.4. The molecule has 0 aliphatic heterocycles. The van der Waals surface area contributed by atoms with Crippen molar-refractivity contribution in [2.24, 2.45) is 0 Å². The van der Waals surface area contributed by atoms with Crippen LogP contribution in [-0.2, 0) is 17.5 Å². The minimum Gasteiger partial charge on any atom is -0.491 e. The molecule has 0 radical (unpaired) electrons. The van der Waals surface area contributed by atoms with Gasteiger partial charge in [0.1, 0.15) is 24.5 Å². The Morgan fingerprint density at radius 3 is 2.54 bits per heavy atom. The molecule has 2 rings (SSSR count). The van der Waals surface area contributed by atoms with Crippen molar-refractivity contribution in [2.75, 3.05) is 20.2 Å². The molecule has 1 heterocycles. The quantitative estimate of drug-likeness (QED) is 0.788. The number of halogens is 3. The van der Waals surface area contributed by atoms with Crippen LogP contribution in [0.2, 0.25) is 0 Å². The van der Waals surface area contributed by atoms with E-state index in [4.69, 9.17) is 4.74 Å². The highest BCUT2D eigenvalue weighted by Crippen LogP contribution is 2.25. The summed E-state index contributed by atoms with van der Waals surface area (Å²) in [4.78, 5) is 25.3. The number of aromatic nitrogens is 1. The minimum absolute atomic E-state index is 0.227. The third-order valence-electron chi connectivity index (χ3n) is 3.83. The van der Waals surface area contributed by atoms with Gasteiger partial charge in [0.15, 0.2) is 0 Å². The lowest BCUT2D eigenvalue weighted by Crippen LogP contribution is -2.37. The summed E-state index contributed by atoms with van der Waals surface area (Å²) in [5.41, 5.74) is -1.58. The maximum atomic E-state index is 12.8. The second-order valence-corrected chi connectivity index (χ2v) is 5.78. The third kappa shape index (κ3) is 4.87. The summed E-state index contributed by atoms with van der Waals surface area (Å²) in [6, 6.07) is 9.20. The van der Waals surface area contributed by atoms with E-state index in [0.717, 1.165) is 22.4 Å². The molecule has 1 aromatic carbocycles. The van der Waals surface area contributed by atoms with Crippen LogP contribution in [0.3, 0.4) is 0 Å². The predicted molar refractivity (Wildman–Crippen MR) is 90.0 cm³/mol. The first-order valence-electron chi connectivity index (χ1n) is 7.89. The summed E-state index contributed by atoms with van der Waals surface area (Å²) in [6.45, 7) is 1.89. The molecule has 140 valence electrons. The van der Waals surface area contributed by atoms with Gasteiger partial charge in [0.25, 0.3) is 5.56 Å². The predicted octanol–water partition coefficient (Wildman–Crippen LogP) is 2.71. The number of aryl methyl sites for hydroxylation is 1. The molecule has 5 nitrogen and oxygen atoms in total. The van der Waals surface area contributed by atoms with Crippen molar-refractivity contribution in [1.82, 2.24) is 9.47 Å². The molecule has 0 aliphatic carbocycles. The van der Waals surface area contributed by atoms with E-state index in [2.05, 4.69) is 0 Å². The minimum atomic E-state index is -4.75. The van der Waals surface area contributed by atoms with Crippen LogP contribution in [0, 0.1) is 6.92 Å². The van der Waals surface area contributed by atoms with Crippen LogP contribution in [0.5, 0.6) is 5.75 Å². The standard InChI is InChI=1S/C18H19F3N2O3/c1-13-6-3-4-8-15(13)26-11-10-22(2)16(24)12-23-9-5-7-14(17(23)25)18(19,20)21/h3-9H,10-12H2,1-2H3. The Balaban J connectivity index is 1.95. The number of hydrogen-bond donors (Lipinski definition) is 0. The van der Waals surface area contributed by atoms with Crippen molar-refractivity contribution in [2.45, 2.75) is 19.6 Å². The molecular weight excluding hydrogens is 349 g/mol. The van der Waals surface area contributed by atoms with Crippen molar-refractivity contribution < 1.29 is 22.7 Å². The highest BCUT2D eigenvalue weighted by atomic mass is 19.4. The SMILES string of the molecule is Cc1ccccc1OCCN(C)C(=O)Cn1cccc(C(F)(F)F)c1=O. The maximum Gasteiger partial charge on any atom is 0.421 e. The molecule has 0 bridgehead atoms. The molecule has 1 amide bonds. The van der Waals surface area contributed by atoms with Crippen LogP contribution >= 0.6 is 0 Å². The summed E-state index contributed by atoms with van der Waals surface area (Å²) >= 11 is 0. The van der Waals surface area contributed by atoms with Crippen LogP contribution < -0.4 is 10.3 Å². The molecule has 0 aliphatic rings. The molecule has 26 heavy (non-hydrogen) atoms. The van der Waals surface area contributed by atoms with Gasteiger partial charge < -0.3 is 14.2 Å². The number of carbonyl (C=O) groups is 1. The first kappa shape index (κ1) is 19.6. The number of likely N-dealkylation sites (N-methyl/N-ethyl adjacent to an activating group) is 1. The smallest absolute Gasteiger partial charge is 0.421 e. The monoisotopic (exact) mass is 368 g/mol. The highest BCUT2D eigenvalue weighted by molar-refractivity contribution is 5.75. The van der Waals surface area contributed by atoms with Gasteiger partial charge in [-0.25, -0.2) is 0 Å². The van der Waals surface area contributed by atoms with Crippen molar-refractivity contribution in [3.63, 3.8) is 0 Å². The van der Waals surface area contributed by atoms with E-state index >= 15 is 0 Å². The van der Waals surface area contributed by atoms with E-state index in [1.165, 1.54) is 11.9 Å². The first-order valence-corrected chi connectivity index (χ1v) is 7.89. The van der Waals surface area contributed by atoms with E-state index in [-0.39, 0.29) is 13.2 Å². The number of nitrogens with zero attached hydrogens (tertiary/aromatic N) is 2. The highest BCUT2D eigenvalue weighted by Gasteiger charge is 2.34. The molecule has 0 N–H and O–H groups in total. The van der Waals surface area contributed by atoms with Gasteiger partial charge in [-0.15, -0.1) is 0 Å². The Morgan fingerprint density at radius 2 is 1.88 bits per heavy atom. The topological polar surface area (TPSA) is 51.5 Å². The van der Waals surface area contributed by atoms with Crippen LogP contribution in [0.4, 0.5) is 13.2 Å². The number of hydrogen-bond acceptors (Lipinski definition) is 3. The molecule has 0 saturated heterocycles. The first-order chi connectivity index (χ1) is 12.2. The number of rotatable bonds is 6. The average Bonchev–Trinajstić information content (AvgIpc) is 2.57. The van der Waals surface area contributed by atoms with Crippen molar-refractivity contribution >= 4 is 5.91 Å². The summed E-state index contributed by atoms with van der Waals surface area (Å²) < 4.78 is 44.6. The third-order valence-corrected chi connectivity index (χ3v) is 3.83. The van der Waals surface area contributed by atoms with Gasteiger partial charge in [-0.05, 0) is 30.7 Å². The normalized spacial score (nSPS) is 11.3. The molecule has 0 saturated carbocycles. The fraction of sp³-hybridized carbons (Fsp3) is 0.333. The van der Waals surface area contributed by atoms with E-state index in [1.807, 2.05) is 25.1 Å². The summed E-state index contributed by atoms with van der Waals surface area (Å²) in [5.74, 6) is 0.210. The van der Waals surface area contributed by atoms with Gasteiger partial charge in [0, 0.05) is 13.2 Å². The molecule has 8 heteroatoms. The molecule has 2 aromatic rings. The van der Waals surface area contributed by atoms with Gasteiger partial charge in [0.2, 0.25) is 5.91 Å². The lowest BCUT2D eigenvalue weighted by atomic mass is 10.2. The number of pyridine rings is 1. The van der Waals surface area contributed by atoms with Crippen molar-refractivity contribution in [3.05, 3.63) is 64.1 Å². The number of amides is 1. The van der Waals surface area contributed by atoms with Gasteiger partial charge in [-0.1, -0.05) is 18.2 Å². The van der Waals surface area contributed by atoms with Gasteiger partial charge in [-0.2, -0.15) is 13.2 Å². The summed E-state index contributed by atoms with van der Waals surface area (Å²) in [6.07, 6.45) is -3.59. The fourth-order valence-electron chi connectivity index (χ4n) is 2.28. The molecule has 0 unspecified atom stereocenters. The number of carbonyl (C=O) groups excluding carboxylic acids is 1. The molecule has 1 aromatic heterocycles. The van der Waals surface area contributed by atoms with Crippen LogP contribution in [0.1, 0.15) is 11.1 Å². The zero-order valence-corrected chi connectivity index (χ0v) is 14.4. The van der Waals surface area contributed by atoms with Gasteiger partial charge >= 0.3 is 6.18 Å². The Kier molecular flexibility index (Phi) is 6.07. The Hall–Kier alpha value is -2.77. The van der Waals surface area contributed by atoms with Crippen LogP contribution in [0.25, 0.3) is 0 Å². The largest absolute Gasteiger partial charge is 0.491 e. The Bertz CT molecular complexity index is 831. The van der Waals surface area contributed by atoms with Crippen LogP contribution in [0.15, 0.2) is 47.4 Å². The summed E-state index contributed by atoms with van der Waals surface area (Å²) in [5, 5.41) is 0. The lowest BCUT2D eigenvalue weighted by molar-refractivity contribution is -0.139. The lowest BCUT2D eigenvalue weighted by Gasteiger charge is -2.19. The second kappa shape index (κ2) is 8.07. The Labute approximate surface area is 148 Å². The van der Waals surface area contributed by atoms with Crippen molar-refractivity contribution in [3.8, 4) is 5.75 Å². The zero-order chi connectivity index (χ0) is 19.3. The van der Waals surface area contributed by atoms with Crippen molar-refractivity contribution in [1.29, 1.82) is 0 Å². The number of para-hydroxylation sites is 1. The van der Waals surface area contributed by atoms with E-state index in [1.54, 1.807) is 6.07 Å². The van der Waals surface area contributed by atoms with Gasteiger partial charge in [-0.3, -0.25) is 9.59 Å². The van der Waals surface area contributed by atoms with Crippen LogP contribution in [-0.4, -0.2) is 35.6 Å². The fourth-order valence-corrected chi connectivity index (χ4v) is 2.28. The number of alkyl halides is 3. The maximum absolute atomic E-state index is 12.8. The van der Waals surface area contributed by atoms with E-state index in [0.29, 0.717) is 11.8 Å². The number of ether oxygens (including phenoxy) is 1. The molecule has 0 fully saturated rings.